The van der Waals surface area contributed by atoms with Gasteiger partial charge in [0, 0.05) is 0 Å². The molecule has 0 amide bonds. The zero-order valence-corrected chi connectivity index (χ0v) is 11.9. The molecule has 1 unspecified atom stereocenters. The van der Waals surface area contributed by atoms with Crippen molar-refractivity contribution in [3.05, 3.63) is 62.6 Å². The normalized spacial score (nSPS) is 12.4. The maximum Gasteiger partial charge on any atom is 0.433 e. The first-order chi connectivity index (χ1) is 8.90. The van der Waals surface area contributed by atoms with Gasteiger partial charge in [0.15, 0.2) is 0 Å². The number of halogens is 2. The van der Waals surface area contributed by atoms with Crippen molar-refractivity contribution in [1.82, 2.24) is 0 Å². The second-order valence-electron chi connectivity index (χ2n) is 4.26. The van der Waals surface area contributed by atoms with Crippen LogP contribution in [-0.4, -0.2) is 4.92 Å². The molecule has 0 aliphatic carbocycles. The van der Waals surface area contributed by atoms with Gasteiger partial charge in [-0.25, -0.2) is 4.39 Å². The van der Waals surface area contributed by atoms with E-state index in [1.807, 2.05) is 0 Å². The van der Waals surface area contributed by atoms with Crippen molar-refractivity contribution in [2.45, 2.75) is 18.7 Å². The summed E-state index contributed by atoms with van der Waals surface area (Å²) in [6, 6.07) is 6.21. The summed E-state index contributed by atoms with van der Waals surface area (Å²) in [6.07, 6.45) is 0. The molecular weight excluding hydrogens is 317 g/mol. The third-order valence-electron chi connectivity index (χ3n) is 2.79. The van der Waals surface area contributed by atoms with Crippen molar-refractivity contribution < 1.29 is 13.7 Å². The SMILES string of the molecule is Cc1cc(C(Br)c2ccc([N+](=O)[O-])o2)cc(C)c1F. The summed E-state index contributed by atoms with van der Waals surface area (Å²) < 4.78 is 18.7. The smallest absolute Gasteiger partial charge is 0.404 e. The van der Waals surface area contributed by atoms with Crippen LogP contribution in [0.2, 0.25) is 0 Å². The number of rotatable bonds is 3. The average molecular weight is 328 g/mol. The first-order valence-electron chi connectivity index (χ1n) is 5.55. The molecule has 6 heteroatoms. The molecule has 1 aromatic heterocycles. The van der Waals surface area contributed by atoms with Gasteiger partial charge >= 0.3 is 5.88 Å². The topological polar surface area (TPSA) is 56.3 Å². The minimum Gasteiger partial charge on any atom is -0.404 e. The molecule has 0 radical (unpaired) electrons. The fourth-order valence-corrected chi connectivity index (χ4v) is 2.38. The molecular formula is C13H11BrFNO3. The molecule has 2 aromatic rings. The fraction of sp³-hybridized carbons (Fsp3) is 0.231. The fourth-order valence-electron chi connectivity index (χ4n) is 1.87. The lowest BCUT2D eigenvalue weighted by Crippen LogP contribution is -1.96. The third-order valence-corrected chi connectivity index (χ3v) is 3.77. The summed E-state index contributed by atoms with van der Waals surface area (Å²) >= 11 is 3.41. The Labute approximate surface area is 117 Å². The van der Waals surface area contributed by atoms with Gasteiger partial charge in [-0.3, -0.25) is 10.1 Å². The minimum atomic E-state index is -0.593. The lowest BCUT2D eigenvalue weighted by molar-refractivity contribution is -0.402. The summed E-state index contributed by atoms with van der Waals surface area (Å²) in [7, 11) is 0. The third kappa shape index (κ3) is 2.68. The number of nitrogens with zero attached hydrogens (tertiary/aromatic N) is 1. The molecule has 0 spiro atoms. The Morgan fingerprint density at radius 1 is 1.32 bits per heavy atom. The van der Waals surface area contributed by atoms with Crippen LogP contribution in [0.5, 0.6) is 0 Å². The van der Waals surface area contributed by atoms with E-state index < -0.39 is 4.92 Å². The van der Waals surface area contributed by atoms with E-state index in [4.69, 9.17) is 4.42 Å². The lowest BCUT2D eigenvalue weighted by Gasteiger charge is -2.10. The van der Waals surface area contributed by atoms with E-state index in [-0.39, 0.29) is 16.5 Å². The quantitative estimate of drug-likeness (QED) is 0.476. The van der Waals surface area contributed by atoms with Crippen LogP contribution < -0.4 is 0 Å². The largest absolute Gasteiger partial charge is 0.433 e. The zero-order chi connectivity index (χ0) is 14.2. The van der Waals surface area contributed by atoms with E-state index in [2.05, 4.69) is 15.9 Å². The number of aryl methyl sites for hydroxylation is 2. The van der Waals surface area contributed by atoms with Gasteiger partial charge in [-0.15, -0.1) is 0 Å². The van der Waals surface area contributed by atoms with Crippen LogP contribution in [0, 0.1) is 29.8 Å². The van der Waals surface area contributed by atoms with E-state index in [0.29, 0.717) is 16.9 Å². The maximum absolute atomic E-state index is 13.6. The van der Waals surface area contributed by atoms with E-state index in [1.54, 1.807) is 26.0 Å². The van der Waals surface area contributed by atoms with Crippen molar-refractivity contribution in [2.24, 2.45) is 0 Å². The molecule has 1 heterocycles. The molecule has 0 N–H and O–H groups in total. The summed E-state index contributed by atoms with van der Waals surface area (Å²) in [6.45, 7) is 3.35. The summed E-state index contributed by atoms with van der Waals surface area (Å²) in [5.74, 6) is -0.138. The highest BCUT2D eigenvalue weighted by molar-refractivity contribution is 9.09. The summed E-state index contributed by atoms with van der Waals surface area (Å²) in [5.41, 5.74) is 1.85. The second kappa shape index (κ2) is 5.13. The van der Waals surface area contributed by atoms with Crippen LogP contribution in [0.3, 0.4) is 0 Å². The Morgan fingerprint density at radius 3 is 2.37 bits per heavy atom. The molecule has 0 fully saturated rings. The number of benzene rings is 1. The van der Waals surface area contributed by atoms with Gasteiger partial charge in [-0.2, -0.15) is 0 Å². The number of alkyl halides is 1. The van der Waals surface area contributed by atoms with Gasteiger partial charge in [0.25, 0.3) is 0 Å². The van der Waals surface area contributed by atoms with E-state index in [0.717, 1.165) is 5.56 Å². The Bertz CT molecular complexity index is 616. The maximum atomic E-state index is 13.6. The van der Waals surface area contributed by atoms with Crippen molar-refractivity contribution in [1.29, 1.82) is 0 Å². The molecule has 19 heavy (non-hydrogen) atoms. The molecule has 0 aliphatic heterocycles. The summed E-state index contributed by atoms with van der Waals surface area (Å²) in [4.78, 5) is 9.63. The standard InChI is InChI=1S/C13H11BrFNO3/c1-7-5-9(6-8(2)13(7)15)12(14)10-3-4-11(19-10)16(17)18/h3-6,12H,1-2H3. The van der Waals surface area contributed by atoms with Gasteiger partial charge in [0.05, 0.1) is 10.9 Å². The predicted octanol–water partition coefficient (Wildman–Crippen LogP) is 4.43. The second-order valence-corrected chi connectivity index (χ2v) is 5.18. The van der Waals surface area contributed by atoms with Crippen molar-refractivity contribution in [2.75, 3.05) is 0 Å². The number of furan rings is 1. The van der Waals surface area contributed by atoms with Gasteiger partial charge in [0.1, 0.15) is 16.5 Å². The van der Waals surface area contributed by atoms with Gasteiger partial charge in [0.2, 0.25) is 0 Å². The highest BCUT2D eigenvalue weighted by atomic mass is 79.9. The van der Waals surface area contributed by atoms with Crippen molar-refractivity contribution >= 4 is 21.8 Å². The Balaban J connectivity index is 2.38. The van der Waals surface area contributed by atoms with Crippen LogP contribution in [0.15, 0.2) is 28.7 Å². The van der Waals surface area contributed by atoms with Crippen LogP contribution in [-0.2, 0) is 0 Å². The Kier molecular flexibility index (Phi) is 3.71. The molecule has 100 valence electrons. The minimum absolute atomic E-state index is 0.242. The van der Waals surface area contributed by atoms with E-state index >= 15 is 0 Å². The first-order valence-corrected chi connectivity index (χ1v) is 6.46. The zero-order valence-electron chi connectivity index (χ0n) is 10.3. The molecule has 0 bridgehead atoms. The molecule has 4 nitrogen and oxygen atoms in total. The lowest BCUT2D eigenvalue weighted by atomic mass is 10.0. The Morgan fingerprint density at radius 2 is 1.89 bits per heavy atom. The molecule has 0 aliphatic rings. The van der Waals surface area contributed by atoms with Gasteiger partial charge < -0.3 is 4.42 Å². The van der Waals surface area contributed by atoms with E-state index in [9.17, 15) is 14.5 Å². The monoisotopic (exact) mass is 327 g/mol. The first kappa shape index (κ1) is 13.7. The molecule has 0 saturated heterocycles. The van der Waals surface area contributed by atoms with Crippen LogP contribution in [0.1, 0.15) is 27.3 Å². The van der Waals surface area contributed by atoms with Crippen molar-refractivity contribution in [3.8, 4) is 0 Å². The van der Waals surface area contributed by atoms with Crippen LogP contribution in [0.4, 0.5) is 10.3 Å². The number of hydrogen-bond acceptors (Lipinski definition) is 3. The molecule has 2 rings (SSSR count). The predicted molar refractivity (Wildman–Crippen MR) is 72.0 cm³/mol. The highest BCUT2D eigenvalue weighted by Crippen LogP contribution is 2.35. The van der Waals surface area contributed by atoms with Crippen LogP contribution >= 0.6 is 15.9 Å². The van der Waals surface area contributed by atoms with Crippen LogP contribution in [0.25, 0.3) is 0 Å². The van der Waals surface area contributed by atoms with E-state index in [1.165, 1.54) is 12.1 Å². The average Bonchev–Trinajstić information content (AvgIpc) is 2.84. The molecule has 0 saturated carbocycles. The van der Waals surface area contributed by atoms with Gasteiger partial charge in [-0.1, -0.05) is 28.1 Å². The highest BCUT2D eigenvalue weighted by Gasteiger charge is 2.20. The molecule has 1 atom stereocenters. The Hall–Kier alpha value is -1.69. The number of nitro groups is 1. The van der Waals surface area contributed by atoms with Crippen molar-refractivity contribution in [3.63, 3.8) is 0 Å². The number of hydrogen-bond donors (Lipinski definition) is 0. The molecule has 1 aromatic carbocycles. The van der Waals surface area contributed by atoms with Gasteiger partial charge in [-0.05, 0) is 36.6 Å². The summed E-state index contributed by atoms with van der Waals surface area (Å²) in [5, 5.41) is 10.6.